The number of rotatable bonds is 1. The van der Waals surface area contributed by atoms with Gasteiger partial charge in [-0.05, 0) is 18.2 Å². The lowest BCUT2D eigenvalue weighted by molar-refractivity contribution is 0.771. The third-order valence-electron chi connectivity index (χ3n) is 1.44. The summed E-state index contributed by atoms with van der Waals surface area (Å²) in [5.41, 5.74) is 1.03. The van der Waals surface area contributed by atoms with Gasteiger partial charge in [0.15, 0.2) is 0 Å². The van der Waals surface area contributed by atoms with Crippen LogP contribution in [0.1, 0.15) is 0 Å². The molecule has 0 aliphatic heterocycles. The quantitative estimate of drug-likeness (QED) is 0.628. The summed E-state index contributed by atoms with van der Waals surface area (Å²) in [5.74, 6) is 0. The molecule has 0 aliphatic rings. The van der Waals surface area contributed by atoms with Crippen molar-refractivity contribution in [1.82, 2.24) is 9.78 Å². The molecule has 0 aromatic carbocycles. The van der Waals surface area contributed by atoms with E-state index in [1.54, 1.807) is 16.0 Å². The van der Waals surface area contributed by atoms with E-state index in [-0.39, 0.29) is 0 Å². The average Bonchev–Trinajstić information content (AvgIpc) is 2.55. The van der Waals surface area contributed by atoms with Crippen LogP contribution in [-0.4, -0.2) is 9.78 Å². The predicted molar refractivity (Wildman–Crippen MR) is 45.4 cm³/mol. The van der Waals surface area contributed by atoms with Gasteiger partial charge in [0, 0.05) is 18.6 Å². The van der Waals surface area contributed by atoms with E-state index in [1.807, 2.05) is 31.4 Å². The Labute approximate surface area is 69.1 Å². The van der Waals surface area contributed by atoms with Crippen LogP contribution in [0.2, 0.25) is 0 Å². The third-order valence-corrected chi connectivity index (χ3v) is 2.26. The first-order valence-electron chi connectivity index (χ1n) is 3.32. The first-order chi connectivity index (χ1) is 5.36. The monoisotopic (exact) mass is 163 g/mol. The molecule has 0 spiro atoms. The molecule has 0 fully saturated rings. The maximum absolute atomic E-state index is 4.26. The van der Waals surface area contributed by atoms with Crippen molar-refractivity contribution in [1.29, 1.82) is 0 Å². The Morgan fingerprint density at radius 3 is 3.00 bits per heavy atom. The fraction of sp³-hybridized carbons (Fsp3) is 0.125. The highest BCUT2D eigenvalue weighted by molar-refractivity contribution is 7.13. The Morgan fingerprint density at radius 1 is 1.55 bits per heavy atom. The molecule has 2 aromatic heterocycles. The first kappa shape index (κ1) is 6.61. The molecule has 0 unspecified atom stereocenters. The van der Waals surface area contributed by atoms with Crippen LogP contribution in [0.25, 0.3) is 10.6 Å². The number of thiophene rings is 1. The lowest BCUT2D eigenvalue weighted by Crippen LogP contribution is -1.86. The Bertz CT molecular complexity index is 335. The Kier molecular flexibility index (Phi) is 1.51. The fourth-order valence-electron chi connectivity index (χ4n) is 0.925. The predicted octanol–water partition coefficient (Wildman–Crippen LogP) is 1.95. The summed E-state index contributed by atoms with van der Waals surface area (Å²) < 4.78 is 1.80. The van der Waals surface area contributed by atoms with Crippen molar-refractivity contribution in [2.45, 2.75) is 0 Å². The van der Waals surface area contributed by atoms with Crippen LogP contribution in [0.5, 0.6) is 0 Å². The molecule has 0 saturated carbocycles. The molecular weight excluding hydrogens is 156 g/mol. The van der Waals surface area contributed by atoms with Crippen LogP contribution in [0.3, 0.4) is 0 Å². The van der Waals surface area contributed by atoms with Gasteiger partial charge in [-0.25, -0.2) is 0 Å². The average molecular weight is 163 g/mol. The molecule has 0 saturated heterocycles. The van der Waals surface area contributed by atoms with E-state index in [0.717, 1.165) is 5.69 Å². The number of nitrogens with zero attached hydrogens (tertiary/aromatic N) is 2. The summed E-state index contributed by atoms with van der Waals surface area (Å²) in [6.45, 7) is 0. The molecule has 2 nitrogen and oxygen atoms in total. The molecule has 2 heterocycles. The van der Waals surface area contributed by atoms with Crippen LogP contribution < -0.4 is 0 Å². The maximum atomic E-state index is 4.26. The van der Waals surface area contributed by atoms with Gasteiger partial charge in [-0.15, -0.1) is 11.3 Å². The van der Waals surface area contributed by atoms with Gasteiger partial charge in [0.2, 0.25) is 0 Å². The minimum Gasteiger partial charge on any atom is -0.275 e. The van der Waals surface area contributed by atoms with Gasteiger partial charge in [-0.2, -0.15) is 5.10 Å². The van der Waals surface area contributed by atoms with E-state index in [9.17, 15) is 0 Å². The largest absolute Gasteiger partial charge is 0.275 e. The van der Waals surface area contributed by atoms with Crippen LogP contribution in [0.4, 0.5) is 0 Å². The fourth-order valence-corrected chi connectivity index (χ4v) is 1.54. The lowest BCUT2D eigenvalue weighted by Gasteiger charge is -1.86. The molecule has 1 radical (unpaired) electrons. The smallest absolute Gasteiger partial charge is 0.102 e. The Hall–Kier alpha value is -1.09. The van der Waals surface area contributed by atoms with Crippen LogP contribution in [-0.2, 0) is 7.05 Å². The molecule has 2 aromatic rings. The molecule has 2 rings (SSSR count). The number of aryl methyl sites for hydroxylation is 1. The molecule has 0 N–H and O–H groups in total. The summed E-state index contributed by atoms with van der Waals surface area (Å²) in [6.07, 6.45) is 1.94. The van der Waals surface area contributed by atoms with Crippen molar-refractivity contribution in [2.75, 3.05) is 0 Å². The number of hydrogen-bond donors (Lipinski definition) is 0. The van der Waals surface area contributed by atoms with Crippen LogP contribution >= 0.6 is 11.3 Å². The number of aromatic nitrogens is 2. The second kappa shape index (κ2) is 2.51. The molecule has 0 aliphatic carbocycles. The third kappa shape index (κ3) is 1.19. The maximum Gasteiger partial charge on any atom is 0.102 e. The highest BCUT2D eigenvalue weighted by atomic mass is 32.1. The van der Waals surface area contributed by atoms with E-state index in [2.05, 4.69) is 10.5 Å². The normalized spacial score (nSPS) is 10.3. The van der Waals surface area contributed by atoms with Gasteiger partial charge >= 0.3 is 0 Å². The first-order valence-corrected chi connectivity index (χ1v) is 4.14. The van der Waals surface area contributed by atoms with Gasteiger partial charge < -0.3 is 0 Å². The van der Waals surface area contributed by atoms with Gasteiger partial charge in [0.05, 0.1) is 4.88 Å². The molecule has 55 valence electrons. The van der Waals surface area contributed by atoms with E-state index >= 15 is 0 Å². The summed E-state index contributed by atoms with van der Waals surface area (Å²) >= 11 is 1.59. The molecule has 0 bridgehead atoms. The van der Waals surface area contributed by atoms with Gasteiger partial charge in [0.25, 0.3) is 0 Å². The Morgan fingerprint density at radius 2 is 2.45 bits per heavy atom. The van der Waals surface area contributed by atoms with Crippen molar-refractivity contribution in [3.63, 3.8) is 0 Å². The Balaban J connectivity index is 2.45. The molecular formula is C8H7N2S. The summed E-state index contributed by atoms with van der Waals surface area (Å²) in [6, 6.07) is 5.93. The van der Waals surface area contributed by atoms with E-state index < -0.39 is 0 Å². The molecule has 3 heteroatoms. The topological polar surface area (TPSA) is 17.8 Å². The zero-order chi connectivity index (χ0) is 7.68. The highest BCUT2D eigenvalue weighted by Crippen LogP contribution is 2.21. The molecule has 0 amide bonds. The summed E-state index contributed by atoms with van der Waals surface area (Å²) in [7, 11) is 1.92. The second-order valence-corrected chi connectivity index (χ2v) is 3.17. The van der Waals surface area contributed by atoms with Crippen LogP contribution in [0.15, 0.2) is 24.4 Å². The van der Waals surface area contributed by atoms with Crippen molar-refractivity contribution >= 4 is 11.3 Å². The van der Waals surface area contributed by atoms with Crippen molar-refractivity contribution in [3.8, 4) is 10.6 Å². The zero-order valence-corrected chi connectivity index (χ0v) is 6.93. The standard InChI is InChI=1S/C8H7N2S/c1-10-5-4-7(9-10)8-3-2-6-11-8/h2-5H,1H3. The SMILES string of the molecule is Cn1ccc(-c2cc[c]s2)n1. The van der Waals surface area contributed by atoms with Gasteiger partial charge in [-0.3, -0.25) is 4.68 Å². The summed E-state index contributed by atoms with van der Waals surface area (Å²) in [5, 5.41) is 7.29. The van der Waals surface area contributed by atoms with E-state index in [0.29, 0.717) is 0 Å². The van der Waals surface area contributed by atoms with Crippen molar-refractivity contribution in [2.24, 2.45) is 7.05 Å². The van der Waals surface area contributed by atoms with E-state index in [4.69, 9.17) is 0 Å². The van der Waals surface area contributed by atoms with Crippen molar-refractivity contribution < 1.29 is 0 Å². The minimum absolute atomic E-state index is 1.03. The molecule has 11 heavy (non-hydrogen) atoms. The lowest BCUT2D eigenvalue weighted by atomic mass is 10.4. The van der Waals surface area contributed by atoms with E-state index in [1.165, 1.54) is 4.88 Å². The van der Waals surface area contributed by atoms with Gasteiger partial charge in [-0.1, -0.05) is 0 Å². The van der Waals surface area contributed by atoms with Crippen LogP contribution in [0, 0.1) is 5.38 Å². The van der Waals surface area contributed by atoms with Crippen molar-refractivity contribution in [3.05, 3.63) is 29.8 Å². The zero-order valence-electron chi connectivity index (χ0n) is 6.11. The summed E-state index contributed by atoms with van der Waals surface area (Å²) in [4.78, 5) is 1.17. The molecule has 0 atom stereocenters. The number of hydrogen-bond acceptors (Lipinski definition) is 2. The highest BCUT2D eigenvalue weighted by Gasteiger charge is 1.99. The van der Waals surface area contributed by atoms with Gasteiger partial charge in [0.1, 0.15) is 5.69 Å². The minimum atomic E-state index is 1.03. The second-order valence-electron chi connectivity index (χ2n) is 2.29.